The summed E-state index contributed by atoms with van der Waals surface area (Å²) in [6.45, 7) is 3.84. The number of nitrogens with zero attached hydrogens (tertiary/aromatic N) is 3. The Morgan fingerprint density at radius 3 is 2.91 bits per heavy atom. The van der Waals surface area contributed by atoms with Crippen LogP contribution < -0.4 is 4.74 Å². The molecule has 1 aromatic rings. The van der Waals surface area contributed by atoms with E-state index in [0.717, 1.165) is 13.1 Å². The van der Waals surface area contributed by atoms with Crippen molar-refractivity contribution < 1.29 is 19.4 Å². The van der Waals surface area contributed by atoms with E-state index in [1.807, 2.05) is 0 Å². The van der Waals surface area contributed by atoms with Crippen LogP contribution in [0.2, 0.25) is 0 Å². The summed E-state index contributed by atoms with van der Waals surface area (Å²) >= 11 is 0. The summed E-state index contributed by atoms with van der Waals surface area (Å²) in [7, 11) is 1.52. The molecule has 2 aliphatic rings. The molecule has 120 valence electrons. The van der Waals surface area contributed by atoms with Crippen molar-refractivity contribution in [1.82, 2.24) is 14.8 Å². The van der Waals surface area contributed by atoms with E-state index < -0.39 is 6.10 Å². The third-order valence-corrected chi connectivity index (χ3v) is 4.25. The molecule has 0 spiro atoms. The van der Waals surface area contributed by atoms with E-state index in [4.69, 9.17) is 9.47 Å². The first-order valence-corrected chi connectivity index (χ1v) is 7.48. The lowest BCUT2D eigenvalue weighted by molar-refractivity contribution is -0.00611. The fraction of sp³-hybridized carbons (Fsp3) is 0.600. The molecule has 22 heavy (non-hydrogen) atoms. The van der Waals surface area contributed by atoms with Gasteiger partial charge in [0.2, 0.25) is 5.88 Å². The molecule has 1 aromatic heterocycles. The van der Waals surface area contributed by atoms with E-state index in [0.29, 0.717) is 37.7 Å². The molecule has 0 aliphatic carbocycles. The van der Waals surface area contributed by atoms with E-state index in [-0.39, 0.29) is 11.9 Å². The SMILES string of the molecule is COc1cc(C(=O)N2C[C@@H](O)[C@H](N3CCOCC3)C2)ccn1. The minimum Gasteiger partial charge on any atom is -0.481 e. The molecule has 0 aromatic carbocycles. The Labute approximate surface area is 129 Å². The highest BCUT2D eigenvalue weighted by Gasteiger charge is 2.38. The Morgan fingerprint density at radius 1 is 1.41 bits per heavy atom. The molecule has 2 saturated heterocycles. The van der Waals surface area contributed by atoms with Crippen molar-refractivity contribution in [2.75, 3.05) is 46.5 Å². The molecule has 7 nitrogen and oxygen atoms in total. The van der Waals surface area contributed by atoms with Gasteiger partial charge in [0, 0.05) is 44.0 Å². The van der Waals surface area contributed by atoms with Gasteiger partial charge in [0.25, 0.3) is 5.91 Å². The largest absolute Gasteiger partial charge is 0.481 e. The van der Waals surface area contributed by atoms with Crippen LogP contribution in [0.4, 0.5) is 0 Å². The maximum atomic E-state index is 12.6. The van der Waals surface area contributed by atoms with Gasteiger partial charge in [0.15, 0.2) is 0 Å². The first kappa shape index (κ1) is 15.2. The number of aliphatic hydroxyl groups is 1. The highest BCUT2D eigenvalue weighted by Crippen LogP contribution is 2.20. The maximum absolute atomic E-state index is 12.6. The van der Waals surface area contributed by atoms with E-state index in [9.17, 15) is 9.90 Å². The highest BCUT2D eigenvalue weighted by molar-refractivity contribution is 5.94. The standard InChI is InChI=1S/C15H21N3O4/c1-21-14-8-11(2-3-16-14)15(20)18-9-12(13(19)10-18)17-4-6-22-7-5-17/h2-3,8,12-13,19H,4-7,9-10H2,1H3/t12-,13-/m1/s1. The molecular formula is C15H21N3O4. The third-order valence-electron chi connectivity index (χ3n) is 4.25. The predicted molar refractivity (Wildman–Crippen MR) is 78.9 cm³/mol. The number of β-amino-alcohol motifs (C(OH)–C–C–N with tert-alkyl or cyclic N) is 1. The summed E-state index contributed by atoms with van der Waals surface area (Å²) < 4.78 is 10.4. The van der Waals surface area contributed by atoms with Gasteiger partial charge < -0.3 is 19.5 Å². The second-order valence-electron chi connectivity index (χ2n) is 5.58. The van der Waals surface area contributed by atoms with Gasteiger partial charge >= 0.3 is 0 Å². The zero-order valence-electron chi connectivity index (χ0n) is 12.6. The Kier molecular flexibility index (Phi) is 4.56. The quantitative estimate of drug-likeness (QED) is 0.819. The molecular weight excluding hydrogens is 286 g/mol. The molecule has 0 bridgehead atoms. The van der Waals surface area contributed by atoms with Crippen LogP contribution in [-0.2, 0) is 4.74 Å². The van der Waals surface area contributed by atoms with E-state index in [1.54, 1.807) is 23.2 Å². The molecule has 3 rings (SSSR count). The fourth-order valence-electron chi connectivity index (χ4n) is 3.04. The van der Waals surface area contributed by atoms with Gasteiger partial charge in [0.05, 0.1) is 32.5 Å². The molecule has 3 heterocycles. The average Bonchev–Trinajstić information content (AvgIpc) is 2.97. The van der Waals surface area contributed by atoms with E-state index in [1.165, 1.54) is 7.11 Å². The Bertz CT molecular complexity index is 533. The van der Waals surface area contributed by atoms with Crippen LogP contribution in [0.3, 0.4) is 0 Å². The van der Waals surface area contributed by atoms with Gasteiger partial charge in [-0.1, -0.05) is 0 Å². The van der Waals surface area contributed by atoms with Crippen LogP contribution in [0.1, 0.15) is 10.4 Å². The number of aliphatic hydroxyl groups excluding tert-OH is 1. The zero-order chi connectivity index (χ0) is 15.5. The van der Waals surface area contributed by atoms with Crippen molar-refractivity contribution in [3.63, 3.8) is 0 Å². The van der Waals surface area contributed by atoms with Crippen molar-refractivity contribution in [3.8, 4) is 5.88 Å². The first-order valence-electron chi connectivity index (χ1n) is 7.48. The number of hydrogen-bond acceptors (Lipinski definition) is 6. The monoisotopic (exact) mass is 307 g/mol. The Morgan fingerprint density at radius 2 is 2.18 bits per heavy atom. The van der Waals surface area contributed by atoms with Crippen molar-refractivity contribution >= 4 is 5.91 Å². The third kappa shape index (κ3) is 3.06. The lowest BCUT2D eigenvalue weighted by Gasteiger charge is -2.33. The molecule has 1 N–H and O–H groups in total. The molecule has 2 fully saturated rings. The first-order chi connectivity index (χ1) is 10.7. The van der Waals surface area contributed by atoms with Crippen molar-refractivity contribution in [2.24, 2.45) is 0 Å². The number of pyridine rings is 1. The number of hydrogen-bond donors (Lipinski definition) is 1. The fourth-order valence-corrected chi connectivity index (χ4v) is 3.04. The summed E-state index contributed by atoms with van der Waals surface area (Å²) in [6, 6.07) is 3.27. The van der Waals surface area contributed by atoms with Gasteiger partial charge in [-0.25, -0.2) is 4.98 Å². The molecule has 7 heteroatoms. The molecule has 2 aliphatic heterocycles. The van der Waals surface area contributed by atoms with Gasteiger partial charge in [0.1, 0.15) is 0 Å². The Balaban J connectivity index is 1.68. The summed E-state index contributed by atoms with van der Waals surface area (Å²) in [5.41, 5.74) is 0.529. The predicted octanol–water partition coefficient (Wildman–Crippen LogP) is -0.392. The molecule has 2 atom stereocenters. The highest BCUT2D eigenvalue weighted by atomic mass is 16.5. The summed E-state index contributed by atoms with van der Waals surface area (Å²) in [4.78, 5) is 20.5. The second-order valence-corrected chi connectivity index (χ2v) is 5.58. The van der Waals surface area contributed by atoms with Gasteiger partial charge in [-0.15, -0.1) is 0 Å². The Hall–Kier alpha value is -1.70. The normalized spacial score (nSPS) is 26.2. The van der Waals surface area contributed by atoms with Crippen LogP contribution in [0.25, 0.3) is 0 Å². The van der Waals surface area contributed by atoms with Crippen LogP contribution in [0, 0.1) is 0 Å². The van der Waals surface area contributed by atoms with Crippen LogP contribution in [0.15, 0.2) is 18.3 Å². The van der Waals surface area contributed by atoms with Crippen LogP contribution in [-0.4, -0.2) is 84.4 Å². The minimum absolute atomic E-state index is 0.0171. The minimum atomic E-state index is -0.522. The van der Waals surface area contributed by atoms with E-state index >= 15 is 0 Å². The van der Waals surface area contributed by atoms with Crippen molar-refractivity contribution in [2.45, 2.75) is 12.1 Å². The average molecular weight is 307 g/mol. The number of carbonyl (C=O) groups excluding carboxylic acids is 1. The van der Waals surface area contributed by atoms with E-state index in [2.05, 4.69) is 9.88 Å². The zero-order valence-corrected chi connectivity index (χ0v) is 12.6. The lowest BCUT2D eigenvalue weighted by atomic mass is 10.1. The molecule has 0 unspecified atom stereocenters. The smallest absolute Gasteiger partial charge is 0.254 e. The van der Waals surface area contributed by atoms with Crippen LogP contribution in [0.5, 0.6) is 5.88 Å². The number of rotatable bonds is 3. The number of amides is 1. The van der Waals surface area contributed by atoms with Gasteiger partial charge in [-0.2, -0.15) is 0 Å². The van der Waals surface area contributed by atoms with Crippen LogP contribution >= 0.6 is 0 Å². The number of aromatic nitrogens is 1. The number of carbonyl (C=O) groups is 1. The summed E-state index contributed by atoms with van der Waals surface area (Å²) in [5, 5.41) is 10.3. The second kappa shape index (κ2) is 6.60. The topological polar surface area (TPSA) is 75.1 Å². The molecule has 1 amide bonds. The number of likely N-dealkylation sites (tertiary alicyclic amines) is 1. The van der Waals surface area contributed by atoms with Gasteiger partial charge in [-0.3, -0.25) is 9.69 Å². The molecule has 0 radical (unpaired) electrons. The number of ether oxygens (including phenoxy) is 2. The van der Waals surface area contributed by atoms with Gasteiger partial charge in [-0.05, 0) is 6.07 Å². The maximum Gasteiger partial charge on any atom is 0.254 e. The summed E-state index contributed by atoms with van der Waals surface area (Å²) in [5.74, 6) is 0.311. The number of morpholine rings is 1. The number of methoxy groups -OCH3 is 1. The molecule has 0 saturated carbocycles. The van der Waals surface area contributed by atoms with Crippen molar-refractivity contribution in [1.29, 1.82) is 0 Å². The van der Waals surface area contributed by atoms with Crippen molar-refractivity contribution in [3.05, 3.63) is 23.9 Å². The lowest BCUT2D eigenvalue weighted by Crippen LogP contribution is -2.49. The summed E-state index contributed by atoms with van der Waals surface area (Å²) in [6.07, 6.45) is 1.03.